The van der Waals surface area contributed by atoms with Crippen LogP contribution in [0.2, 0.25) is 5.02 Å². The number of nitrogens with one attached hydrogen (secondary N) is 1. The summed E-state index contributed by atoms with van der Waals surface area (Å²) in [5.74, 6) is -0.0257. The summed E-state index contributed by atoms with van der Waals surface area (Å²) in [7, 11) is -3.89. The van der Waals surface area contributed by atoms with Crippen molar-refractivity contribution in [3.8, 4) is 5.75 Å². The van der Waals surface area contributed by atoms with Crippen molar-refractivity contribution in [3.63, 3.8) is 0 Å². The first kappa shape index (κ1) is 21.5. The van der Waals surface area contributed by atoms with E-state index < -0.39 is 15.9 Å². The highest BCUT2D eigenvalue weighted by atomic mass is 35.5. The van der Waals surface area contributed by atoms with Gasteiger partial charge in [0.25, 0.3) is 0 Å². The molecule has 2 aromatic carbocycles. The van der Waals surface area contributed by atoms with Crippen molar-refractivity contribution in [2.45, 2.75) is 18.7 Å². The van der Waals surface area contributed by atoms with Crippen LogP contribution in [0.15, 0.2) is 47.5 Å². The van der Waals surface area contributed by atoms with E-state index in [0.29, 0.717) is 18.0 Å². The Kier molecular flexibility index (Phi) is 6.74. The first-order valence-electron chi connectivity index (χ1n) is 8.92. The maximum absolute atomic E-state index is 13.0. The van der Waals surface area contributed by atoms with Crippen LogP contribution in [0.3, 0.4) is 0 Å². The van der Waals surface area contributed by atoms with E-state index in [4.69, 9.17) is 16.3 Å². The van der Waals surface area contributed by atoms with Crippen molar-refractivity contribution in [1.29, 1.82) is 0 Å². The lowest BCUT2D eigenvalue weighted by molar-refractivity contribution is -0.116. The predicted molar refractivity (Wildman–Crippen MR) is 115 cm³/mol. The smallest absolute Gasteiger partial charge is 0.243 e. The highest BCUT2D eigenvalue weighted by molar-refractivity contribution is 7.89. The molecule has 0 radical (unpaired) electrons. The van der Waals surface area contributed by atoms with Gasteiger partial charge in [0.2, 0.25) is 15.9 Å². The molecule has 7 nitrogen and oxygen atoms in total. The van der Waals surface area contributed by atoms with E-state index in [2.05, 4.69) is 9.69 Å². The van der Waals surface area contributed by atoms with E-state index in [0.717, 1.165) is 14.4 Å². The van der Waals surface area contributed by atoms with Gasteiger partial charge in [0.05, 0.1) is 27.8 Å². The fourth-order valence-electron chi connectivity index (χ4n) is 2.74. The molecule has 0 saturated heterocycles. The molecule has 3 rings (SSSR count). The van der Waals surface area contributed by atoms with Crippen molar-refractivity contribution in [3.05, 3.63) is 47.6 Å². The van der Waals surface area contributed by atoms with Crippen LogP contribution in [0.4, 0.5) is 5.69 Å². The van der Waals surface area contributed by atoms with Crippen LogP contribution in [0, 0.1) is 0 Å². The summed E-state index contributed by atoms with van der Waals surface area (Å²) in [4.78, 5) is 12.5. The Balaban J connectivity index is 1.75. The lowest BCUT2D eigenvalue weighted by Crippen LogP contribution is -2.37. The van der Waals surface area contributed by atoms with Gasteiger partial charge >= 0.3 is 0 Å². The Hall–Kier alpha value is -2.20. The van der Waals surface area contributed by atoms with Crippen molar-refractivity contribution in [1.82, 2.24) is 8.68 Å². The maximum Gasteiger partial charge on any atom is 0.243 e. The third-order valence-electron chi connectivity index (χ3n) is 4.15. The van der Waals surface area contributed by atoms with Crippen LogP contribution in [-0.2, 0) is 14.8 Å². The molecule has 3 aromatic rings. The number of likely N-dealkylation sites (N-methyl/N-ethyl adjacent to an activating group) is 1. The average Bonchev–Trinajstić information content (AvgIpc) is 3.15. The molecule has 1 aromatic heterocycles. The molecule has 0 atom stereocenters. The van der Waals surface area contributed by atoms with Crippen LogP contribution >= 0.6 is 23.1 Å². The maximum atomic E-state index is 13.0. The van der Waals surface area contributed by atoms with E-state index in [1.54, 1.807) is 25.3 Å². The summed E-state index contributed by atoms with van der Waals surface area (Å²) in [6.45, 7) is 3.72. The number of rotatable bonds is 8. The third kappa shape index (κ3) is 4.87. The summed E-state index contributed by atoms with van der Waals surface area (Å²) in [5.41, 5.74) is 0.584. The second-order valence-corrected chi connectivity index (χ2v) is 9.26. The molecule has 1 amide bonds. The van der Waals surface area contributed by atoms with Crippen LogP contribution in [0.25, 0.3) is 10.1 Å². The Morgan fingerprint density at radius 2 is 2.03 bits per heavy atom. The molecular formula is C19H20ClN3O4S2. The average molecular weight is 454 g/mol. The van der Waals surface area contributed by atoms with Gasteiger partial charge in [-0.3, -0.25) is 4.79 Å². The second-order valence-electron chi connectivity index (χ2n) is 6.08. The van der Waals surface area contributed by atoms with E-state index >= 15 is 0 Å². The van der Waals surface area contributed by atoms with Gasteiger partial charge in [-0.15, -0.1) is 0 Å². The molecule has 0 unspecified atom stereocenters. The summed E-state index contributed by atoms with van der Waals surface area (Å²) >= 11 is 7.49. The molecule has 0 aliphatic rings. The SMILES string of the molecule is CCOc1ccc(S(=O)(=O)N(CC)CC(=O)Nc2ccc3sncc3c2)cc1Cl. The standard InChI is InChI=1S/C19H20ClN3O4S2/c1-3-23(29(25,26)15-6-7-17(27-4-2)16(20)10-15)12-19(24)22-14-5-8-18-13(9-14)11-21-28-18/h5-11H,3-4,12H2,1-2H3,(H,22,24). The van der Waals surface area contributed by atoms with Crippen molar-refractivity contribution in [2.24, 2.45) is 0 Å². The van der Waals surface area contributed by atoms with Crippen molar-refractivity contribution < 1.29 is 17.9 Å². The molecule has 0 saturated carbocycles. The van der Waals surface area contributed by atoms with Crippen LogP contribution < -0.4 is 10.1 Å². The van der Waals surface area contributed by atoms with Crippen LogP contribution in [0.1, 0.15) is 13.8 Å². The molecular weight excluding hydrogens is 434 g/mol. The second kappa shape index (κ2) is 9.08. The summed E-state index contributed by atoms with van der Waals surface area (Å²) in [5, 5.41) is 3.85. The number of ether oxygens (including phenoxy) is 1. The number of carbonyl (C=O) groups excluding carboxylic acids is 1. The molecule has 1 N–H and O–H groups in total. The number of hydrogen-bond acceptors (Lipinski definition) is 6. The largest absolute Gasteiger partial charge is 0.492 e. The van der Waals surface area contributed by atoms with Crippen molar-refractivity contribution >= 4 is 54.8 Å². The van der Waals surface area contributed by atoms with Gasteiger partial charge in [-0.25, -0.2) is 8.42 Å². The lowest BCUT2D eigenvalue weighted by atomic mass is 10.2. The molecule has 0 fully saturated rings. The number of hydrogen-bond donors (Lipinski definition) is 1. The van der Waals surface area contributed by atoms with E-state index in [1.807, 2.05) is 13.0 Å². The number of fused-ring (bicyclic) bond motifs is 1. The van der Waals surface area contributed by atoms with Crippen LogP contribution in [0.5, 0.6) is 5.75 Å². The zero-order chi connectivity index (χ0) is 21.0. The minimum absolute atomic E-state index is 0.00590. The number of sulfonamides is 1. The number of halogens is 1. The monoisotopic (exact) mass is 453 g/mol. The van der Waals surface area contributed by atoms with Gasteiger partial charge in [-0.2, -0.15) is 8.68 Å². The highest BCUT2D eigenvalue weighted by Crippen LogP contribution is 2.29. The van der Waals surface area contributed by atoms with E-state index in [9.17, 15) is 13.2 Å². The lowest BCUT2D eigenvalue weighted by Gasteiger charge is -2.20. The van der Waals surface area contributed by atoms with Crippen molar-refractivity contribution in [2.75, 3.05) is 25.0 Å². The number of amides is 1. The Morgan fingerprint density at radius 1 is 1.24 bits per heavy atom. The molecule has 154 valence electrons. The van der Waals surface area contributed by atoms with Gasteiger partial charge < -0.3 is 10.1 Å². The first-order valence-corrected chi connectivity index (χ1v) is 11.5. The quantitative estimate of drug-likeness (QED) is 0.557. The predicted octanol–water partition coefficient (Wildman–Crippen LogP) is 4.00. The van der Waals surface area contributed by atoms with E-state index in [1.165, 1.54) is 29.7 Å². The number of aromatic nitrogens is 1. The van der Waals surface area contributed by atoms with Crippen LogP contribution in [-0.4, -0.2) is 42.7 Å². The summed E-state index contributed by atoms with van der Waals surface area (Å²) in [6.07, 6.45) is 1.72. The van der Waals surface area contributed by atoms with Gasteiger partial charge in [0, 0.05) is 23.8 Å². The minimum Gasteiger partial charge on any atom is -0.492 e. The zero-order valence-corrected chi connectivity index (χ0v) is 18.3. The first-order chi connectivity index (χ1) is 13.8. The fourth-order valence-corrected chi connectivity index (χ4v) is 5.10. The Morgan fingerprint density at radius 3 is 2.72 bits per heavy atom. The fraction of sp³-hybridized carbons (Fsp3) is 0.263. The van der Waals surface area contributed by atoms with Gasteiger partial charge in [0.15, 0.2) is 0 Å². The molecule has 10 heteroatoms. The molecule has 0 aliphatic heterocycles. The third-order valence-corrected chi connectivity index (χ3v) is 7.14. The highest BCUT2D eigenvalue weighted by Gasteiger charge is 2.26. The topological polar surface area (TPSA) is 88.6 Å². The minimum atomic E-state index is -3.89. The molecule has 0 spiro atoms. The number of benzene rings is 2. The Bertz CT molecular complexity index is 1130. The van der Waals surface area contributed by atoms with E-state index in [-0.39, 0.29) is 23.0 Å². The molecule has 1 heterocycles. The normalized spacial score (nSPS) is 11.7. The molecule has 29 heavy (non-hydrogen) atoms. The van der Waals surface area contributed by atoms with Gasteiger partial charge in [0.1, 0.15) is 5.75 Å². The van der Waals surface area contributed by atoms with Gasteiger partial charge in [-0.05, 0) is 54.9 Å². The molecule has 0 aliphatic carbocycles. The molecule has 0 bridgehead atoms. The number of anilines is 1. The summed E-state index contributed by atoms with van der Waals surface area (Å²) < 4.78 is 37.4. The summed E-state index contributed by atoms with van der Waals surface area (Å²) in [6, 6.07) is 9.68. The number of carbonyl (C=O) groups is 1. The zero-order valence-electron chi connectivity index (χ0n) is 15.9. The van der Waals surface area contributed by atoms with Gasteiger partial charge in [-0.1, -0.05) is 18.5 Å². The number of nitrogens with zero attached hydrogens (tertiary/aromatic N) is 2. The Labute approximate surface area is 178 Å².